The molecule has 27 heavy (non-hydrogen) atoms. The Bertz CT molecular complexity index is 971. The van der Waals surface area contributed by atoms with Crippen LogP contribution in [0.2, 0.25) is 0 Å². The summed E-state index contributed by atoms with van der Waals surface area (Å²) in [5, 5.41) is 13.9. The van der Waals surface area contributed by atoms with Crippen molar-refractivity contribution in [1.29, 1.82) is 0 Å². The number of ether oxygens (including phenoxy) is 2. The predicted molar refractivity (Wildman–Crippen MR) is 103 cm³/mol. The van der Waals surface area contributed by atoms with E-state index in [0.717, 1.165) is 11.8 Å². The zero-order chi connectivity index (χ0) is 19.4. The number of thioether (sulfide) groups is 1. The molecular weight excluding hydrogens is 370 g/mol. The van der Waals surface area contributed by atoms with Gasteiger partial charge in [-0.25, -0.2) is 4.99 Å². The van der Waals surface area contributed by atoms with Crippen LogP contribution in [-0.2, 0) is 4.79 Å². The number of benzene rings is 2. The van der Waals surface area contributed by atoms with Crippen molar-refractivity contribution in [2.45, 2.75) is 0 Å². The van der Waals surface area contributed by atoms with Gasteiger partial charge in [0.25, 0.3) is 11.6 Å². The number of nitrogens with one attached hydrogen (secondary N) is 1. The van der Waals surface area contributed by atoms with Gasteiger partial charge in [-0.3, -0.25) is 14.9 Å². The van der Waals surface area contributed by atoms with Gasteiger partial charge in [-0.1, -0.05) is 12.1 Å². The van der Waals surface area contributed by atoms with Crippen LogP contribution >= 0.6 is 11.8 Å². The van der Waals surface area contributed by atoms with Gasteiger partial charge in [0, 0.05) is 18.2 Å². The van der Waals surface area contributed by atoms with Gasteiger partial charge in [0.15, 0.2) is 5.17 Å². The van der Waals surface area contributed by atoms with E-state index in [2.05, 4.69) is 10.3 Å². The predicted octanol–water partition coefficient (Wildman–Crippen LogP) is 3.50. The fourth-order valence-electron chi connectivity index (χ4n) is 2.35. The second-order valence-corrected chi connectivity index (χ2v) is 6.40. The minimum Gasteiger partial charge on any atom is -0.497 e. The summed E-state index contributed by atoms with van der Waals surface area (Å²) in [4.78, 5) is 27.4. The highest BCUT2D eigenvalue weighted by atomic mass is 32.2. The van der Waals surface area contributed by atoms with E-state index in [1.807, 2.05) is 0 Å². The summed E-state index contributed by atoms with van der Waals surface area (Å²) < 4.78 is 10.4. The minimum absolute atomic E-state index is 0.0374. The summed E-state index contributed by atoms with van der Waals surface area (Å²) in [6, 6.07) is 11.2. The van der Waals surface area contributed by atoms with E-state index in [9.17, 15) is 14.9 Å². The summed E-state index contributed by atoms with van der Waals surface area (Å²) in [5.74, 6) is 0.815. The molecule has 1 N–H and O–H groups in total. The molecule has 2 aromatic carbocycles. The molecule has 1 aliphatic rings. The molecule has 1 amide bonds. The molecule has 0 saturated carbocycles. The third kappa shape index (κ3) is 4.26. The Morgan fingerprint density at radius 2 is 2.00 bits per heavy atom. The molecule has 1 saturated heterocycles. The topological polar surface area (TPSA) is 103 Å². The van der Waals surface area contributed by atoms with Crippen LogP contribution in [0.1, 0.15) is 5.56 Å². The molecule has 0 aliphatic carbocycles. The highest BCUT2D eigenvalue weighted by Crippen LogP contribution is 2.34. The Morgan fingerprint density at radius 1 is 1.19 bits per heavy atom. The first kappa shape index (κ1) is 18.5. The maximum Gasteiger partial charge on any atom is 0.270 e. The average molecular weight is 385 g/mol. The molecule has 0 spiro atoms. The maximum atomic E-state index is 12.2. The van der Waals surface area contributed by atoms with Crippen molar-refractivity contribution < 1.29 is 19.2 Å². The van der Waals surface area contributed by atoms with Crippen LogP contribution in [-0.4, -0.2) is 30.2 Å². The highest BCUT2D eigenvalue weighted by Gasteiger charge is 2.24. The van der Waals surface area contributed by atoms with Crippen LogP contribution < -0.4 is 14.8 Å². The number of methoxy groups -OCH3 is 2. The number of carbonyl (C=O) groups excluding carboxylic acids is 1. The van der Waals surface area contributed by atoms with E-state index in [1.54, 1.807) is 43.5 Å². The first-order chi connectivity index (χ1) is 13.0. The van der Waals surface area contributed by atoms with Crippen molar-refractivity contribution in [3.63, 3.8) is 0 Å². The molecule has 3 rings (SSSR count). The molecule has 1 fully saturated rings. The van der Waals surface area contributed by atoms with E-state index in [1.165, 1.54) is 19.2 Å². The SMILES string of the molecule is COc1ccc(N=C2NC(=O)/C(=C/c3cccc([N+](=O)[O-])c3)S2)c(OC)c1. The molecule has 1 heterocycles. The van der Waals surface area contributed by atoms with Gasteiger partial charge in [-0.2, -0.15) is 0 Å². The van der Waals surface area contributed by atoms with Crippen LogP contribution in [0.5, 0.6) is 11.5 Å². The number of amidine groups is 1. The fraction of sp³-hybridized carbons (Fsp3) is 0.111. The lowest BCUT2D eigenvalue weighted by molar-refractivity contribution is -0.384. The quantitative estimate of drug-likeness (QED) is 0.480. The second kappa shape index (κ2) is 7.92. The molecule has 2 aromatic rings. The Hall–Kier alpha value is -3.33. The van der Waals surface area contributed by atoms with E-state index in [-0.39, 0.29) is 11.6 Å². The van der Waals surface area contributed by atoms with Crippen LogP contribution in [0.25, 0.3) is 6.08 Å². The Morgan fingerprint density at radius 3 is 2.70 bits per heavy atom. The van der Waals surface area contributed by atoms with Gasteiger partial charge >= 0.3 is 0 Å². The molecule has 0 radical (unpaired) electrons. The lowest BCUT2D eigenvalue weighted by atomic mass is 10.2. The maximum absolute atomic E-state index is 12.2. The first-order valence-corrected chi connectivity index (χ1v) is 8.58. The van der Waals surface area contributed by atoms with Gasteiger partial charge in [0.1, 0.15) is 17.2 Å². The summed E-state index contributed by atoms with van der Waals surface area (Å²) in [7, 11) is 3.07. The molecule has 0 aromatic heterocycles. The number of nitro groups is 1. The third-order valence-electron chi connectivity index (χ3n) is 3.64. The molecular formula is C18H15N3O5S. The lowest BCUT2D eigenvalue weighted by Gasteiger charge is -2.07. The Balaban J connectivity index is 1.86. The van der Waals surface area contributed by atoms with Crippen molar-refractivity contribution in [3.05, 3.63) is 63.0 Å². The van der Waals surface area contributed by atoms with Crippen molar-refractivity contribution in [2.75, 3.05) is 14.2 Å². The van der Waals surface area contributed by atoms with Gasteiger partial charge in [0.2, 0.25) is 0 Å². The summed E-state index contributed by atoms with van der Waals surface area (Å²) >= 11 is 1.15. The van der Waals surface area contributed by atoms with Gasteiger partial charge < -0.3 is 14.8 Å². The third-order valence-corrected chi connectivity index (χ3v) is 4.55. The zero-order valence-electron chi connectivity index (χ0n) is 14.5. The normalized spacial score (nSPS) is 16.4. The number of carbonyl (C=O) groups is 1. The molecule has 9 heteroatoms. The number of aliphatic imine (C=N–C) groups is 1. The number of non-ortho nitro benzene ring substituents is 1. The Labute approximate surface area is 159 Å². The van der Waals surface area contributed by atoms with E-state index < -0.39 is 4.92 Å². The van der Waals surface area contributed by atoms with Gasteiger partial charge in [-0.05, 0) is 35.5 Å². The first-order valence-electron chi connectivity index (χ1n) is 7.76. The van der Waals surface area contributed by atoms with E-state index >= 15 is 0 Å². The smallest absolute Gasteiger partial charge is 0.270 e. The van der Waals surface area contributed by atoms with Crippen molar-refractivity contribution in [1.82, 2.24) is 5.32 Å². The zero-order valence-corrected chi connectivity index (χ0v) is 15.3. The van der Waals surface area contributed by atoms with E-state index in [4.69, 9.17) is 9.47 Å². The van der Waals surface area contributed by atoms with Crippen molar-refractivity contribution in [3.8, 4) is 11.5 Å². The monoisotopic (exact) mass is 385 g/mol. The van der Waals surface area contributed by atoms with Crippen molar-refractivity contribution in [2.24, 2.45) is 4.99 Å². The average Bonchev–Trinajstić information content (AvgIpc) is 3.01. The standard InChI is InChI=1S/C18H15N3O5S/c1-25-13-6-7-14(15(10-13)26-2)19-18-20-17(22)16(27-18)9-11-4-3-5-12(8-11)21(23)24/h3-10H,1-2H3,(H,19,20,22)/b16-9-. The molecule has 1 aliphatic heterocycles. The van der Waals surface area contributed by atoms with Crippen LogP contribution in [0.15, 0.2) is 52.4 Å². The number of amides is 1. The molecule has 0 bridgehead atoms. The number of hydrogen-bond acceptors (Lipinski definition) is 7. The van der Waals surface area contributed by atoms with Crippen LogP contribution in [0.4, 0.5) is 11.4 Å². The van der Waals surface area contributed by atoms with E-state index in [0.29, 0.717) is 32.8 Å². The molecule has 8 nitrogen and oxygen atoms in total. The molecule has 0 atom stereocenters. The highest BCUT2D eigenvalue weighted by molar-refractivity contribution is 8.18. The number of nitro benzene ring substituents is 1. The number of nitrogens with zero attached hydrogens (tertiary/aromatic N) is 2. The van der Waals surface area contributed by atoms with Crippen molar-refractivity contribution >= 4 is 40.3 Å². The summed E-state index contributed by atoms with van der Waals surface area (Å²) in [5.41, 5.74) is 1.06. The van der Waals surface area contributed by atoms with Crippen LogP contribution in [0, 0.1) is 10.1 Å². The summed E-state index contributed by atoms with van der Waals surface area (Å²) in [6.07, 6.45) is 1.58. The number of hydrogen-bond donors (Lipinski definition) is 1. The molecule has 138 valence electrons. The Kier molecular flexibility index (Phi) is 5.41. The van der Waals surface area contributed by atoms with Gasteiger partial charge in [-0.15, -0.1) is 0 Å². The lowest BCUT2D eigenvalue weighted by Crippen LogP contribution is -2.19. The largest absolute Gasteiger partial charge is 0.497 e. The second-order valence-electron chi connectivity index (χ2n) is 5.37. The molecule has 0 unspecified atom stereocenters. The summed E-state index contributed by atoms with van der Waals surface area (Å²) in [6.45, 7) is 0. The number of rotatable bonds is 5. The fourth-order valence-corrected chi connectivity index (χ4v) is 3.18. The minimum atomic E-state index is -0.479. The van der Waals surface area contributed by atoms with Crippen LogP contribution in [0.3, 0.4) is 0 Å². The van der Waals surface area contributed by atoms with Gasteiger partial charge in [0.05, 0.1) is 24.0 Å².